The Morgan fingerprint density at radius 1 is 1.16 bits per heavy atom. The first-order chi connectivity index (χ1) is 9.15. The summed E-state index contributed by atoms with van der Waals surface area (Å²) in [5.41, 5.74) is 8.12. The largest absolute Gasteiger partial charge is 0.491 e. The van der Waals surface area contributed by atoms with Gasteiger partial charge in [-0.05, 0) is 31.9 Å². The molecule has 0 saturated carbocycles. The van der Waals surface area contributed by atoms with Gasteiger partial charge in [-0.2, -0.15) is 0 Å². The topological polar surface area (TPSA) is 53.7 Å². The zero-order chi connectivity index (χ0) is 14.1. The molecule has 1 aromatic rings. The minimum Gasteiger partial charge on any atom is -0.491 e. The van der Waals surface area contributed by atoms with Gasteiger partial charge in [-0.3, -0.25) is 0 Å². The van der Waals surface area contributed by atoms with Crippen molar-refractivity contribution < 1.29 is 14.2 Å². The van der Waals surface area contributed by atoms with E-state index < -0.39 is 0 Å². The minimum absolute atomic E-state index is 0.0294. The van der Waals surface area contributed by atoms with Crippen LogP contribution >= 0.6 is 0 Å². The molecule has 0 aliphatic heterocycles. The summed E-state index contributed by atoms with van der Waals surface area (Å²) >= 11 is 0. The van der Waals surface area contributed by atoms with E-state index in [2.05, 4.69) is 0 Å². The molecule has 0 unspecified atom stereocenters. The van der Waals surface area contributed by atoms with Crippen LogP contribution in [0.5, 0.6) is 5.75 Å². The number of benzene rings is 1. The van der Waals surface area contributed by atoms with Crippen molar-refractivity contribution in [1.29, 1.82) is 0 Å². The first kappa shape index (κ1) is 16.0. The van der Waals surface area contributed by atoms with Gasteiger partial charge in [-0.1, -0.05) is 12.1 Å². The second kappa shape index (κ2) is 8.91. The molecule has 1 aromatic carbocycles. The molecular weight excluding hydrogens is 242 g/mol. The van der Waals surface area contributed by atoms with Crippen molar-refractivity contribution in [2.75, 3.05) is 33.5 Å². The molecule has 0 saturated heterocycles. The Kier molecular flexibility index (Phi) is 7.48. The van der Waals surface area contributed by atoms with Crippen LogP contribution in [0.1, 0.15) is 30.5 Å². The summed E-state index contributed by atoms with van der Waals surface area (Å²) in [7, 11) is 1.69. The SMILES string of the molecule is COCCCOCCOc1cc(C)ccc1[C@@H](C)N. The zero-order valence-corrected chi connectivity index (χ0v) is 12.1. The van der Waals surface area contributed by atoms with Gasteiger partial charge >= 0.3 is 0 Å². The maximum atomic E-state index is 5.92. The highest BCUT2D eigenvalue weighted by Gasteiger charge is 2.08. The third kappa shape index (κ3) is 6.05. The number of rotatable bonds is 9. The molecule has 4 heteroatoms. The van der Waals surface area contributed by atoms with Crippen molar-refractivity contribution >= 4 is 0 Å². The first-order valence-electron chi connectivity index (χ1n) is 6.70. The van der Waals surface area contributed by atoms with Crippen LogP contribution in [0, 0.1) is 6.92 Å². The van der Waals surface area contributed by atoms with E-state index in [1.165, 1.54) is 5.56 Å². The summed E-state index contributed by atoms with van der Waals surface area (Å²) in [6.07, 6.45) is 0.909. The molecule has 0 aromatic heterocycles. The van der Waals surface area contributed by atoms with Crippen LogP contribution < -0.4 is 10.5 Å². The van der Waals surface area contributed by atoms with E-state index in [0.29, 0.717) is 19.8 Å². The molecule has 2 N–H and O–H groups in total. The van der Waals surface area contributed by atoms with Gasteiger partial charge in [0.25, 0.3) is 0 Å². The van der Waals surface area contributed by atoms with E-state index in [0.717, 1.165) is 24.3 Å². The highest BCUT2D eigenvalue weighted by molar-refractivity contribution is 5.38. The maximum absolute atomic E-state index is 5.92. The molecule has 0 aliphatic carbocycles. The van der Waals surface area contributed by atoms with Crippen molar-refractivity contribution in [2.24, 2.45) is 5.73 Å². The Balaban J connectivity index is 2.34. The number of nitrogens with two attached hydrogens (primary N) is 1. The van der Waals surface area contributed by atoms with Gasteiger partial charge in [0, 0.05) is 31.9 Å². The fourth-order valence-corrected chi connectivity index (χ4v) is 1.76. The van der Waals surface area contributed by atoms with Crippen LogP contribution in [-0.4, -0.2) is 33.5 Å². The monoisotopic (exact) mass is 267 g/mol. The highest BCUT2D eigenvalue weighted by Crippen LogP contribution is 2.24. The first-order valence-corrected chi connectivity index (χ1v) is 6.70. The van der Waals surface area contributed by atoms with Gasteiger partial charge in [0.2, 0.25) is 0 Å². The van der Waals surface area contributed by atoms with Gasteiger partial charge in [-0.25, -0.2) is 0 Å². The molecule has 0 spiro atoms. The number of ether oxygens (including phenoxy) is 3. The van der Waals surface area contributed by atoms with Crippen LogP contribution in [0.15, 0.2) is 18.2 Å². The lowest BCUT2D eigenvalue weighted by Crippen LogP contribution is -2.12. The zero-order valence-electron chi connectivity index (χ0n) is 12.1. The molecule has 1 atom stereocenters. The number of hydrogen-bond acceptors (Lipinski definition) is 4. The lowest BCUT2D eigenvalue weighted by molar-refractivity contribution is 0.0803. The summed E-state index contributed by atoms with van der Waals surface area (Å²) in [6, 6.07) is 6.06. The summed E-state index contributed by atoms with van der Waals surface area (Å²) in [5, 5.41) is 0. The van der Waals surface area contributed by atoms with E-state index in [1.54, 1.807) is 7.11 Å². The van der Waals surface area contributed by atoms with Crippen LogP contribution in [-0.2, 0) is 9.47 Å². The molecule has 0 aliphatic rings. The van der Waals surface area contributed by atoms with Gasteiger partial charge in [-0.15, -0.1) is 0 Å². The van der Waals surface area contributed by atoms with Crippen LogP contribution in [0.25, 0.3) is 0 Å². The van der Waals surface area contributed by atoms with E-state index in [4.69, 9.17) is 19.9 Å². The van der Waals surface area contributed by atoms with E-state index >= 15 is 0 Å². The number of aryl methyl sites for hydroxylation is 1. The van der Waals surface area contributed by atoms with Crippen molar-refractivity contribution in [2.45, 2.75) is 26.3 Å². The van der Waals surface area contributed by atoms with Crippen molar-refractivity contribution in [1.82, 2.24) is 0 Å². The van der Waals surface area contributed by atoms with Crippen molar-refractivity contribution in [3.63, 3.8) is 0 Å². The summed E-state index contributed by atoms with van der Waals surface area (Å²) in [5.74, 6) is 0.857. The van der Waals surface area contributed by atoms with E-state index in [9.17, 15) is 0 Å². The van der Waals surface area contributed by atoms with Crippen LogP contribution in [0.2, 0.25) is 0 Å². The Morgan fingerprint density at radius 2 is 1.95 bits per heavy atom. The average molecular weight is 267 g/mol. The van der Waals surface area contributed by atoms with Gasteiger partial charge in [0.05, 0.1) is 6.61 Å². The van der Waals surface area contributed by atoms with Crippen molar-refractivity contribution in [3.8, 4) is 5.75 Å². The Morgan fingerprint density at radius 3 is 2.63 bits per heavy atom. The second-order valence-electron chi connectivity index (χ2n) is 4.64. The van der Waals surface area contributed by atoms with Crippen LogP contribution in [0.3, 0.4) is 0 Å². The smallest absolute Gasteiger partial charge is 0.124 e. The Hall–Kier alpha value is -1.10. The minimum atomic E-state index is -0.0294. The van der Waals surface area contributed by atoms with Gasteiger partial charge < -0.3 is 19.9 Å². The molecular formula is C15H25NO3. The average Bonchev–Trinajstić information content (AvgIpc) is 2.37. The Bertz CT molecular complexity index is 366. The number of methoxy groups -OCH3 is 1. The predicted octanol–water partition coefficient (Wildman–Crippen LogP) is 2.45. The second-order valence-corrected chi connectivity index (χ2v) is 4.64. The predicted molar refractivity (Wildman–Crippen MR) is 76.6 cm³/mol. The molecule has 0 heterocycles. The maximum Gasteiger partial charge on any atom is 0.124 e. The third-order valence-corrected chi connectivity index (χ3v) is 2.78. The van der Waals surface area contributed by atoms with Crippen LogP contribution in [0.4, 0.5) is 0 Å². The van der Waals surface area contributed by atoms with Gasteiger partial charge in [0.15, 0.2) is 0 Å². The molecule has 108 valence electrons. The standard InChI is InChI=1S/C15H25NO3/c1-12-5-6-14(13(2)16)15(11-12)19-10-9-18-8-4-7-17-3/h5-6,11,13H,4,7-10,16H2,1-3H3/t13-/m1/s1. The number of hydrogen-bond donors (Lipinski definition) is 1. The highest BCUT2D eigenvalue weighted by atomic mass is 16.5. The normalized spacial score (nSPS) is 12.4. The van der Waals surface area contributed by atoms with E-state index in [-0.39, 0.29) is 6.04 Å². The third-order valence-electron chi connectivity index (χ3n) is 2.78. The van der Waals surface area contributed by atoms with Gasteiger partial charge in [0.1, 0.15) is 12.4 Å². The summed E-state index contributed by atoms with van der Waals surface area (Å²) in [4.78, 5) is 0. The Labute approximate surface area is 115 Å². The lowest BCUT2D eigenvalue weighted by Gasteiger charge is -2.15. The molecule has 4 nitrogen and oxygen atoms in total. The van der Waals surface area contributed by atoms with E-state index in [1.807, 2.05) is 32.0 Å². The molecule has 1 rings (SSSR count). The molecule has 0 bridgehead atoms. The molecule has 19 heavy (non-hydrogen) atoms. The molecule has 0 radical (unpaired) electrons. The fourth-order valence-electron chi connectivity index (χ4n) is 1.76. The summed E-state index contributed by atoms with van der Waals surface area (Å²) in [6.45, 7) is 6.54. The lowest BCUT2D eigenvalue weighted by atomic mass is 10.1. The molecule has 0 amide bonds. The quantitative estimate of drug-likeness (QED) is 0.698. The summed E-state index contributed by atoms with van der Waals surface area (Å²) < 4.78 is 16.1. The fraction of sp³-hybridized carbons (Fsp3) is 0.600. The van der Waals surface area contributed by atoms with Crippen molar-refractivity contribution in [3.05, 3.63) is 29.3 Å². The molecule has 0 fully saturated rings.